The molecular formula is C23H18N4O5. The molecule has 9 nitrogen and oxygen atoms in total. The molecule has 3 aromatic rings. The highest BCUT2D eigenvalue weighted by atomic mass is 16.6. The molecule has 32 heavy (non-hydrogen) atoms. The number of nitrogens with zero attached hydrogens (tertiary/aromatic N) is 2. The van der Waals surface area contributed by atoms with Crippen molar-refractivity contribution in [1.82, 2.24) is 10.9 Å². The molecule has 0 radical (unpaired) electrons. The van der Waals surface area contributed by atoms with Gasteiger partial charge in [-0.25, -0.2) is 0 Å². The molecule has 0 saturated heterocycles. The Kier molecular flexibility index (Phi) is 6.78. The van der Waals surface area contributed by atoms with Crippen molar-refractivity contribution in [2.24, 2.45) is 0 Å². The molecule has 0 aliphatic heterocycles. The van der Waals surface area contributed by atoms with Gasteiger partial charge in [0.05, 0.1) is 16.6 Å². The Morgan fingerprint density at radius 2 is 1.62 bits per heavy atom. The SMILES string of the molecule is Cc1cc(C(=O)NNC(=O)COc2ccc(-c3ccc(C#N)cc3)cc2)ccc1[N+](=O)[O-]. The van der Waals surface area contributed by atoms with E-state index in [0.717, 1.165) is 11.1 Å². The van der Waals surface area contributed by atoms with E-state index in [2.05, 4.69) is 16.9 Å². The number of nitriles is 1. The van der Waals surface area contributed by atoms with Gasteiger partial charge in [0.1, 0.15) is 5.75 Å². The molecule has 9 heteroatoms. The van der Waals surface area contributed by atoms with Crippen molar-refractivity contribution in [3.05, 3.63) is 93.5 Å². The standard InChI is InChI=1S/C23H18N4O5/c1-15-12-19(8-11-21(15)27(30)31)23(29)26-25-22(28)14-32-20-9-6-18(7-10-20)17-4-2-16(13-24)3-5-17/h2-12H,14H2,1H3,(H,25,28)(H,26,29). The molecule has 0 aliphatic carbocycles. The van der Waals surface area contributed by atoms with Crippen LogP contribution < -0.4 is 15.6 Å². The number of benzene rings is 3. The summed E-state index contributed by atoms with van der Waals surface area (Å²) in [5.74, 6) is -0.717. The summed E-state index contributed by atoms with van der Waals surface area (Å²) in [6, 6.07) is 20.2. The minimum absolute atomic E-state index is 0.0933. The lowest BCUT2D eigenvalue weighted by Crippen LogP contribution is -2.43. The van der Waals surface area contributed by atoms with E-state index in [1.165, 1.54) is 25.1 Å². The van der Waals surface area contributed by atoms with E-state index in [1.54, 1.807) is 24.3 Å². The summed E-state index contributed by atoms with van der Waals surface area (Å²) >= 11 is 0. The first-order valence-corrected chi connectivity index (χ1v) is 9.45. The fourth-order valence-electron chi connectivity index (χ4n) is 2.87. The zero-order valence-corrected chi connectivity index (χ0v) is 17.0. The smallest absolute Gasteiger partial charge is 0.276 e. The third-order valence-corrected chi connectivity index (χ3v) is 4.54. The number of hydrazine groups is 1. The fraction of sp³-hybridized carbons (Fsp3) is 0.0870. The number of carbonyl (C=O) groups is 2. The molecule has 0 unspecified atom stereocenters. The molecular weight excluding hydrogens is 412 g/mol. The van der Waals surface area contributed by atoms with Crippen LogP contribution in [-0.2, 0) is 4.79 Å². The van der Waals surface area contributed by atoms with E-state index < -0.39 is 16.7 Å². The molecule has 3 rings (SSSR count). The van der Waals surface area contributed by atoms with E-state index in [1.807, 2.05) is 24.3 Å². The number of hydrogen-bond donors (Lipinski definition) is 2. The minimum atomic E-state index is -0.608. The number of carbonyl (C=O) groups excluding carboxylic acids is 2. The molecule has 2 amide bonds. The summed E-state index contributed by atoms with van der Waals surface area (Å²) < 4.78 is 5.41. The zero-order chi connectivity index (χ0) is 23.1. The zero-order valence-electron chi connectivity index (χ0n) is 17.0. The highest BCUT2D eigenvalue weighted by Crippen LogP contribution is 2.23. The minimum Gasteiger partial charge on any atom is -0.484 e. The number of hydrogen-bond acceptors (Lipinski definition) is 6. The summed E-state index contributed by atoms with van der Waals surface area (Å²) in [5.41, 5.74) is 7.34. The maximum atomic E-state index is 12.1. The number of ether oxygens (including phenoxy) is 1. The van der Waals surface area contributed by atoms with Crippen LogP contribution in [0.15, 0.2) is 66.7 Å². The van der Waals surface area contributed by atoms with Crippen LogP contribution in [0.2, 0.25) is 0 Å². The maximum absolute atomic E-state index is 12.1. The molecule has 0 atom stereocenters. The number of nitrogens with one attached hydrogen (secondary N) is 2. The normalized spacial score (nSPS) is 10.0. The molecule has 2 N–H and O–H groups in total. The lowest BCUT2D eigenvalue weighted by molar-refractivity contribution is -0.385. The second-order valence-electron chi connectivity index (χ2n) is 6.76. The monoisotopic (exact) mass is 430 g/mol. The van der Waals surface area contributed by atoms with Gasteiger partial charge in [0.15, 0.2) is 6.61 Å². The van der Waals surface area contributed by atoms with E-state index in [-0.39, 0.29) is 17.9 Å². The molecule has 0 aromatic heterocycles. The first-order chi connectivity index (χ1) is 15.4. The predicted octanol–water partition coefficient (Wildman–Crippen LogP) is 3.28. The van der Waals surface area contributed by atoms with Crippen LogP contribution in [0.4, 0.5) is 5.69 Å². The Morgan fingerprint density at radius 1 is 1.00 bits per heavy atom. The van der Waals surface area contributed by atoms with E-state index in [0.29, 0.717) is 16.9 Å². The largest absolute Gasteiger partial charge is 0.484 e. The second-order valence-corrected chi connectivity index (χ2v) is 6.76. The van der Waals surface area contributed by atoms with Gasteiger partial charge < -0.3 is 4.74 Å². The Hall–Kier alpha value is -4.71. The Balaban J connectivity index is 1.49. The van der Waals surface area contributed by atoms with Crippen LogP contribution in [0.25, 0.3) is 11.1 Å². The number of amides is 2. The third-order valence-electron chi connectivity index (χ3n) is 4.54. The van der Waals surface area contributed by atoms with Crippen molar-refractivity contribution in [1.29, 1.82) is 5.26 Å². The first-order valence-electron chi connectivity index (χ1n) is 9.45. The van der Waals surface area contributed by atoms with E-state index >= 15 is 0 Å². The molecule has 0 fully saturated rings. The van der Waals surface area contributed by atoms with Crippen LogP contribution in [0.5, 0.6) is 5.75 Å². The van der Waals surface area contributed by atoms with Crippen LogP contribution in [0, 0.1) is 28.4 Å². The average Bonchev–Trinajstić information content (AvgIpc) is 2.81. The third kappa shape index (κ3) is 5.46. The molecule has 0 aliphatic rings. The van der Waals surface area contributed by atoms with Gasteiger partial charge >= 0.3 is 0 Å². The Bertz CT molecular complexity index is 1200. The highest BCUT2D eigenvalue weighted by Gasteiger charge is 2.14. The number of nitro benzene ring substituents is 1. The van der Waals surface area contributed by atoms with Gasteiger partial charge in [-0.05, 0) is 54.4 Å². The van der Waals surface area contributed by atoms with Gasteiger partial charge in [-0.1, -0.05) is 24.3 Å². The summed E-state index contributed by atoms with van der Waals surface area (Å²) in [6.07, 6.45) is 0. The molecule has 0 bridgehead atoms. The number of rotatable bonds is 6. The first kappa shape index (κ1) is 22.0. The average molecular weight is 430 g/mol. The number of aryl methyl sites for hydroxylation is 1. The van der Waals surface area contributed by atoms with Gasteiger partial charge in [-0.15, -0.1) is 0 Å². The second kappa shape index (κ2) is 9.86. The lowest BCUT2D eigenvalue weighted by Gasteiger charge is -2.10. The van der Waals surface area contributed by atoms with Crippen molar-refractivity contribution in [3.63, 3.8) is 0 Å². The predicted molar refractivity (Wildman–Crippen MR) is 116 cm³/mol. The summed E-state index contributed by atoms with van der Waals surface area (Å²) in [5, 5.41) is 19.7. The van der Waals surface area contributed by atoms with Gasteiger partial charge in [-0.2, -0.15) is 5.26 Å². The summed E-state index contributed by atoms with van der Waals surface area (Å²) in [4.78, 5) is 34.4. The Morgan fingerprint density at radius 3 is 2.19 bits per heavy atom. The molecule has 0 spiro atoms. The molecule has 160 valence electrons. The summed E-state index contributed by atoms with van der Waals surface area (Å²) in [6.45, 7) is 1.20. The fourth-order valence-corrected chi connectivity index (χ4v) is 2.87. The summed E-state index contributed by atoms with van der Waals surface area (Å²) in [7, 11) is 0. The topological polar surface area (TPSA) is 134 Å². The van der Waals surface area contributed by atoms with Crippen molar-refractivity contribution >= 4 is 17.5 Å². The number of nitro groups is 1. The van der Waals surface area contributed by atoms with Gasteiger partial charge in [-0.3, -0.25) is 30.6 Å². The van der Waals surface area contributed by atoms with Gasteiger partial charge in [0, 0.05) is 17.2 Å². The highest BCUT2D eigenvalue weighted by molar-refractivity contribution is 5.96. The van der Waals surface area contributed by atoms with Crippen molar-refractivity contribution in [3.8, 4) is 22.9 Å². The van der Waals surface area contributed by atoms with Crippen LogP contribution >= 0.6 is 0 Å². The molecule has 0 saturated carbocycles. The van der Waals surface area contributed by atoms with E-state index in [9.17, 15) is 19.7 Å². The van der Waals surface area contributed by atoms with Crippen LogP contribution in [0.1, 0.15) is 21.5 Å². The van der Waals surface area contributed by atoms with Crippen molar-refractivity contribution < 1.29 is 19.2 Å². The lowest BCUT2D eigenvalue weighted by atomic mass is 10.0. The van der Waals surface area contributed by atoms with Gasteiger partial charge in [0.25, 0.3) is 17.5 Å². The van der Waals surface area contributed by atoms with Crippen LogP contribution in [-0.4, -0.2) is 23.3 Å². The van der Waals surface area contributed by atoms with E-state index in [4.69, 9.17) is 10.00 Å². The van der Waals surface area contributed by atoms with Crippen molar-refractivity contribution in [2.45, 2.75) is 6.92 Å². The Labute approximate surface area is 183 Å². The van der Waals surface area contributed by atoms with Crippen LogP contribution in [0.3, 0.4) is 0 Å². The van der Waals surface area contributed by atoms with Gasteiger partial charge in [0.2, 0.25) is 0 Å². The maximum Gasteiger partial charge on any atom is 0.276 e. The molecule has 0 heterocycles. The molecule has 3 aromatic carbocycles. The quantitative estimate of drug-likeness (QED) is 0.455. The van der Waals surface area contributed by atoms with Crippen molar-refractivity contribution in [2.75, 3.05) is 6.61 Å².